The first-order valence-electron chi connectivity index (χ1n) is 6.08. The molecule has 0 aromatic carbocycles. The first-order chi connectivity index (χ1) is 8.74. The minimum Gasteiger partial charge on any atom is -0.480 e. The van der Waals surface area contributed by atoms with E-state index >= 15 is 0 Å². The third-order valence-corrected chi connectivity index (χ3v) is 3.11. The van der Waals surface area contributed by atoms with Gasteiger partial charge < -0.3 is 9.47 Å². The second kappa shape index (κ2) is 5.82. The van der Waals surface area contributed by atoms with E-state index in [1.54, 1.807) is 12.3 Å². The van der Waals surface area contributed by atoms with Gasteiger partial charge in [0.25, 0.3) is 0 Å². The summed E-state index contributed by atoms with van der Waals surface area (Å²) in [5, 5.41) is 0. The molecular formula is C13H18N2O3. The maximum absolute atomic E-state index is 11.6. The number of esters is 1. The molecule has 0 amide bonds. The first kappa shape index (κ1) is 12.8. The van der Waals surface area contributed by atoms with E-state index < -0.39 is 5.97 Å². The molecule has 0 radical (unpaired) electrons. The average Bonchev–Trinajstić information content (AvgIpc) is 2.90. The molecule has 0 aliphatic carbocycles. The van der Waals surface area contributed by atoms with Crippen LogP contribution in [0.1, 0.15) is 28.8 Å². The van der Waals surface area contributed by atoms with Crippen molar-refractivity contribution in [3.63, 3.8) is 0 Å². The van der Waals surface area contributed by atoms with E-state index in [1.807, 2.05) is 0 Å². The smallest absolute Gasteiger partial charge is 0.343 e. The third kappa shape index (κ3) is 2.79. The van der Waals surface area contributed by atoms with Crippen molar-refractivity contribution in [1.82, 2.24) is 9.88 Å². The van der Waals surface area contributed by atoms with Crippen molar-refractivity contribution >= 4 is 5.97 Å². The molecule has 5 heteroatoms. The molecular weight excluding hydrogens is 232 g/mol. The van der Waals surface area contributed by atoms with Gasteiger partial charge in [-0.2, -0.15) is 0 Å². The zero-order chi connectivity index (χ0) is 13.0. The molecule has 1 aromatic heterocycles. The van der Waals surface area contributed by atoms with E-state index in [9.17, 15) is 4.79 Å². The molecule has 0 atom stereocenters. The highest BCUT2D eigenvalue weighted by Crippen LogP contribution is 2.19. The number of aromatic nitrogens is 1. The Hall–Kier alpha value is -1.62. The van der Waals surface area contributed by atoms with Gasteiger partial charge in [0.1, 0.15) is 5.56 Å². The number of ether oxygens (including phenoxy) is 2. The Labute approximate surface area is 107 Å². The van der Waals surface area contributed by atoms with Gasteiger partial charge in [-0.15, -0.1) is 0 Å². The van der Waals surface area contributed by atoms with Crippen molar-refractivity contribution in [3.05, 3.63) is 23.4 Å². The molecule has 0 N–H and O–H groups in total. The molecule has 98 valence electrons. The fourth-order valence-electron chi connectivity index (χ4n) is 2.20. The average molecular weight is 250 g/mol. The van der Waals surface area contributed by atoms with E-state index in [-0.39, 0.29) is 0 Å². The van der Waals surface area contributed by atoms with Crippen LogP contribution < -0.4 is 4.74 Å². The molecule has 0 bridgehead atoms. The molecule has 18 heavy (non-hydrogen) atoms. The van der Waals surface area contributed by atoms with Gasteiger partial charge in [0.15, 0.2) is 0 Å². The summed E-state index contributed by atoms with van der Waals surface area (Å²) in [4.78, 5) is 18.1. The van der Waals surface area contributed by atoms with Crippen LogP contribution in [0.15, 0.2) is 12.3 Å². The Morgan fingerprint density at radius 3 is 2.72 bits per heavy atom. The lowest BCUT2D eigenvalue weighted by Crippen LogP contribution is -2.19. The van der Waals surface area contributed by atoms with Crippen LogP contribution in [-0.2, 0) is 11.3 Å². The number of pyridine rings is 1. The second-order valence-corrected chi connectivity index (χ2v) is 4.38. The van der Waals surface area contributed by atoms with E-state index in [4.69, 9.17) is 9.47 Å². The van der Waals surface area contributed by atoms with Crippen molar-refractivity contribution in [2.45, 2.75) is 19.4 Å². The van der Waals surface area contributed by atoms with Crippen LogP contribution in [0.2, 0.25) is 0 Å². The predicted octanol–water partition coefficient (Wildman–Crippen LogP) is 1.47. The number of hydrogen-bond acceptors (Lipinski definition) is 5. The standard InChI is InChI=1S/C13H18N2O3/c1-17-12-11(13(16)18-2)7-10(8-14-12)9-15-5-3-4-6-15/h7-8H,3-6,9H2,1-2H3. The van der Waals surface area contributed by atoms with Crippen LogP contribution in [0.5, 0.6) is 5.88 Å². The zero-order valence-corrected chi connectivity index (χ0v) is 10.8. The number of hydrogen-bond donors (Lipinski definition) is 0. The lowest BCUT2D eigenvalue weighted by molar-refractivity contribution is 0.0596. The number of rotatable bonds is 4. The molecule has 1 aromatic rings. The minimum atomic E-state index is -0.414. The van der Waals surface area contributed by atoms with E-state index in [1.165, 1.54) is 27.1 Å². The summed E-state index contributed by atoms with van der Waals surface area (Å²) in [6.07, 6.45) is 4.24. The summed E-state index contributed by atoms with van der Waals surface area (Å²) in [6.45, 7) is 3.04. The fourth-order valence-corrected chi connectivity index (χ4v) is 2.20. The van der Waals surface area contributed by atoms with Gasteiger partial charge in [-0.25, -0.2) is 9.78 Å². The molecule has 1 aliphatic heterocycles. The molecule has 2 rings (SSSR count). The Kier molecular flexibility index (Phi) is 4.15. The molecule has 0 spiro atoms. The summed E-state index contributed by atoms with van der Waals surface area (Å²) in [7, 11) is 2.85. The topological polar surface area (TPSA) is 51.7 Å². The molecule has 5 nitrogen and oxygen atoms in total. The molecule has 1 aliphatic rings. The number of methoxy groups -OCH3 is 2. The van der Waals surface area contributed by atoms with Crippen molar-refractivity contribution in [1.29, 1.82) is 0 Å². The monoisotopic (exact) mass is 250 g/mol. The molecule has 1 saturated heterocycles. The number of likely N-dealkylation sites (tertiary alicyclic amines) is 1. The van der Waals surface area contributed by atoms with Crippen molar-refractivity contribution in [2.24, 2.45) is 0 Å². The van der Waals surface area contributed by atoms with Gasteiger partial charge >= 0.3 is 5.97 Å². The lowest BCUT2D eigenvalue weighted by Gasteiger charge is -2.15. The van der Waals surface area contributed by atoms with Crippen LogP contribution >= 0.6 is 0 Å². The van der Waals surface area contributed by atoms with E-state index in [0.29, 0.717) is 11.4 Å². The highest BCUT2D eigenvalue weighted by atomic mass is 16.5. The summed E-state index contributed by atoms with van der Waals surface area (Å²) in [5.74, 6) is -0.102. The Balaban J connectivity index is 2.18. The Bertz CT molecular complexity index is 428. The van der Waals surface area contributed by atoms with Gasteiger partial charge in [-0.3, -0.25) is 4.90 Å². The number of carbonyl (C=O) groups excluding carboxylic acids is 1. The maximum Gasteiger partial charge on any atom is 0.343 e. The van der Waals surface area contributed by atoms with Gasteiger partial charge in [0.2, 0.25) is 5.88 Å². The fraction of sp³-hybridized carbons (Fsp3) is 0.538. The summed E-state index contributed by atoms with van der Waals surface area (Å²) in [5.41, 5.74) is 1.40. The van der Waals surface area contributed by atoms with Crippen LogP contribution in [0.25, 0.3) is 0 Å². The van der Waals surface area contributed by atoms with E-state index in [2.05, 4.69) is 9.88 Å². The van der Waals surface area contributed by atoms with Crippen molar-refractivity contribution in [2.75, 3.05) is 27.3 Å². The number of nitrogens with zero attached hydrogens (tertiary/aromatic N) is 2. The van der Waals surface area contributed by atoms with Gasteiger partial charge in [-0.1, -0.05) is 0 Å². The van der Waals surface area contributed by atoms with Crippen LogP contribution in [0, 0.1) is 0 Å². The molecule has 0 unspecified atom stereocenters. The van der Waals surface area contributed by atoms with Gasteiger partial charge in [-0.05, 0) is 37.6 Å². The Morgan fingerprint density at radius 2 is 2.11 bits per heavy atom. The van der Waals surface area contributed by atoms with E-state index in [0.717, 1.165) is 25.2 Å². The highest BCUT2D eigenvalue weighted by molar-refractivity contribution is 5.91. The van der Waals surface area contributed by atoms with Crippen LogP contribution in [0.4, 0.5) is 0 Å². The highest BCUT2D eigenvalue weighted by Gasteiger charge is 2.17. The molecule has 1 fully saturated rings. The molecule has 0 saturated carbocycles. The minimum absolute atomic E-state index is 0.312. The van der Waals surface area contributed by atoms with Crippen LogP contribution in [0.3, 0.4) is 0 Å². The normalized spacial score (nSPS) is 15.7. The summed E-state index contributed by atoms with van der Waals surface area (Å²) in [6, 6.07) is 1.80. The third-order valence-electron chi connectivity index (χ3n) is 3.11. The second-order valence-electron chi connectivity index (χ2n) is 4.38. The SMILES string of the molecule is COC(=O)c1cc(CN2CCCC2)cnc1OC. The molecule has 2 heterocycles. The van der Waals surface area contributed by atoms with Gasteiger partial charge in [0.05, 0.1) is 14.2 Å². The Morgan fingerprint density at radius 1 is 1.39 bits per heavy atom. The van der Waals surface area contributed by atoms with Crippen molar-refractivity contribution in [3.8, 4) is 5.88 Å². The number of carbonyl (C=O) groups is 1. The summed E-state index contributed by atoms with van der Waals surface area (Å²) >= 11 is 0. The quantitative estimate of drug-likeness (QED) is 0.757. The van der Waals surface area contributed by atoms with Crippen LogP contribution in [-0.4, -0.2) is 43.2 Å². The zero-order valence-electron chi connectivity index (χ0n) is 10.8. The maximum atomic E-state index is 11.6. The van der Waals surface area contributed by atoms with Gasteiger partial charge in [0, 0.05) is 12.7 Å². The predicted molar refractivity (Wildman–Crippen MR) is 66.6 cm³/mol. The largest absolute Gasteiger partial charge is 0.480 e. The first-order valence-corrected chi connectivity index (χ1v) is 6.08. The van der Waals surface area contributed by atoms with Crippen molar-refractivity contribution < 1.29 is 14.3 Å². The lowest BCUT2D eigenvalue weighted by atomic mass is 10.2. The summed E-state index contributed by atoms with van der Waals surface area (Å²) < 4.78 is 9.80.